The standard InChI is InChI=1S/C9H9BrINO/c1-2-12-9(13)6-3-4-8(11)7(10)5-6/h3-5H,2H2,1H3,(H,12,13). The van der Waals surface area contributed by atoms with Crippen molar-refractivity contribution in [1.29, 1.82) is 0 Å². The number of halogens is 2. The first kappa shape index (κ1) is 11.0. The van der Waals surface area contributed by atoms with E-state index in [0.29, 0.717) is 12.1 Å². The highest BCUT2D eigenvalue weighted by atomic mass is 127. The molecule has 0 unspecified atom stereocenters. The van der Waals surface area contributed by atoms with E-state index in [-0.39, 0.29) is 5.91 Å². The molecule has 0 radical (unpaired) electrons. The van der Waals surface area contributed by atoms with Crippen molar-refractivity contribution >= 4 is 44.4 Å². The molecule has 1 N–H and O–H groups in total. The second-order valence-electron chi connectivity index (χ2n) is 2.49. The molecule has 0 heterocycles. The van der Waals surface area contributed by atoms with E-state index in [9.17, 15) is 4.79 Å². The monoisotopic (exact) mass is 353 g/mol. The normalized spacial score (nSPS) is 9.77. The van der Waals surface area contributed by atoms with Crippen LogP contribution in [0.4, 0.5) is 0 Å². The number of amides is 1. The highest BCUT2D eigenvalue weighted by Gasteiger charge is 2.05. The van der Waals surface area contributed by atoms with Gasteiger partial charge in [0.2, 0.25) is 0 Å². The maximum atomic E-state index is 11.4. The molecule has 0 aliphatic rings. The highest BCUT2D eigenvalue weighted by molar-refractivity contribution is 14.1. The molecule has 0 aliphatic heterocycles. The minimum atomic E-state index is -0.0281. The number of hydrogen-bond donors (Lipinski definition) is 1. The minimum absolute atomic E-state index is 0.0281. The first-order valence-corrected chi connectivity index (χ1v) is 5.75. The summed E-state index contributed by atoms with van der Waals surface area (Å²) in [6.07, 6.45) is 0. The van der Waals surface area contributed by atoms with Crippen molar-refractivity contribution in [1.82, 2.24) is 5.32 Å². The summed E-state index contributed by atoms with van der Waals surface area (Å²) in [5.41, 5.74) is 0.689. The summed E-state index contributed by atoms with van der Waals surface area (Å²) < 4.78 is 2.06. The van der Waals surface area contributed by atoms with Crippen molar-refractivity contribution in [2.75, 3.05) is 6.54 Å². The summed E-state index contributed by atoms with van der Waals surface area (Å²) in [5.74, 6) is -0.0281. The second kappa shape index (κ2) is 4.95. The molecule has 0 saturated heterocycles. The molecule has 0 atom stereocenters. The van der Waals surface area contributed by atoms with Crippen molar-refractivity contribution in [3.05, 3.63) is 31.8 Å². The summed E-state index contributed by atoms with van der Waals surface area (Å²) >= 11 is 5.59. The Morgan fingerprint density at radius 1 is 1.62 bits per heavy atom. The van der Waals surface area contributed by atoms with E-state index in [1.165, 1.54) is 0 Å². The Morgan fingerprint density at radius 3 is 2.85 bits per heavy atom. The molecule has 0 aliphatic carbocycles. The summed E-state index contributed by atoms with van der Waals surface area (Å²) in [4.78, 5) is 11.4. The third kappa shape index (κ3) is 2.95. The van der Waals surface area contributed by atoms with E-state index < -0.39 is 0 Å². The number of carbonyl (C=O) groups is 1. The maximum Gasteiger partial charge on any atom is 0.251 e. The Hall–Kier alpha value is -0.100. The molecule has 13 heavy (non-hydrogen) atoms. The highest BCUT2D eigenvalue weighted by Crippen LogP contribution is 2.20. The van der Waals surface area contributed by atoms with E-state index >= 15 is 0 Å². The van der Waals surface area contributed by atoms with Gasteiger partial charge in [0.05, 0.1) is 0 Å². The molecule has 1 amide bonds. The lowest BCUT2D eigenvalue weighted by atomic mass is 10.2. The molecule has 0 fully saturated rings. The number of hydrogen-bond acceptors (Lipinski definition) is 1. The fraction of sp³-hybridized carbons (Fsp3) is 0.222. The Labute approximate surface area is 99.4 Å². The van der Waals surface area contributed by atoms with Crippen LogP contribution in [0.5, 0.6) is 0 Å². The van der Waals surface area contributed by atoms with Crippen LogP contribution < -0.4 is 5.32 Å². The zero-order chi connectivity index (χ0) is 9.84. The average Bonchev–Trinajstić information content (AvgIpc) is 2.10. The van der Waals surface area contributed by atoms with Gasteiger partial charge in [-0.1, -0.05) is 0 Å². The molecule has 4 heteroatoms. The van der Waals surface area contributed by atoms with Gasteiger partial charge in [0.25, 0.3) is 5.91 Å². The van der Waals surface area contributed by atoms with Crippen molar-refractivity contribution in [2.24, 2.45) is 0 Å². The van der Waals surface area contributed by atoms with Crippen LogP contribution in [-0.2, 0) is 0 Å². The van der Waals surface area contributed by atoms with Crippen LogP contribution in [0.2, 0.25) is 0 Å². The number of benzene rings is 1. The maximum absolute atomic E-state index is 11.4. The Kier molecular flexibility index (Phi) is 4.18. The van der Waals surface area contributed by atoms with Crippen molar-refractivity contribution in [2.45, 2.75) is 6.92 Å². The van der Waals surface area contributed by atoms with E-state index in [4.69, 9.17) is 0 Å². The molecule has 0 aromatic heterocycles. The van der Waals surface area contributed by atoms with Crippen molar-refractivity contribution in [3.63, 3.8) is 0 Å². The first-order valence-electron chi connectivity index (χ1n) is 3.88. The average molecular weight is 354 g/mol. The fourth-order valence-corrected chi connectivity index (χ4v) is 1.61. The molecule has 0 spiro atoms. The van der Waals surface area contributed by atoms with Gasteiger partial charge in [0.1, 0.15) is 0 Å². The quantitative estimate of drug-likeness (QED) is 0.814. The predicted octanol–water partition coefficient (Wildman–Crippen LogP) is 2.80. The summed E-state index contributed by atoms with van der Waals surface area (Å²) in [7, 11) is 0. The minimum Gasteiger partial charge on any atom is -0.352 e. The predicted molar refractivity (Wildman–Crippen MR) is 64.9 cm³/mol. The lowest BCUT2D eigenvalue weighted by molar-refractivity contribution is 0.0956. The third-order valence-corrected chi connectivity index (χ3v) is 3.86. The molecular weight excluding hydrogens is 345 g/mol. The van der Waals surface area contributed by atoms with Gasteiger partial charge < -0.3 is 5.32 Å². The van der Waals surface area contributed by atoms with Crippen LogP contribution in [0.15, 0.2) is 22.7 Å². The van der Waals surface area contributed by atoms with E-state index in [2.05, 4.69) is 43.8 Å². The molecule has 0 bridgehead atoms. The van der Waals surface area contributed by atoms with Gasteiger partial charge in [-0.25, -0.2) is 0 Å². The molecule has 70 valence electrons. The summed E-state index contributed by atoms with van der Waals surface area (Å²) in [6, 6.07) is 5.56. The van der Waals surface area contributed by atoms with Gasteiger partial charge in [-0.2, -0.15) is 0 Å². The number of rotatable bonds is 2. The number of carbonyl (C=O) groups excluding carboxylic acids is 1. The molecular formula is C9H9BrINO. The lowest BCUT2D eigenvalue weighted by Crippen LogP contribution is -2.22. The molecule has 1 aromatic carbocycles. The van der Waals surface area contributed by atoms with Crippen LogP contribution in [0.1, 0.15) is 17.3 Å². The van der Waals surface area contributed by atoms with E-state index in [0.717, 1.165) is 8.04 Å². The summed E-state index contributed by atoms with van der Waals surface area (Å²) in [6.45, 7) is 2.56. The third-order valence-electron chi connectivity index (χ3n) is 1.52. The molecule has 0 saturated carbocycles. The van der Waals surface area contributed by atoms with Gasteiger partial charge in [0, 0.05) is 20.2 Å². The number of nitrogens with one attached hydrogen (secondary N) is 1. The largest absolute Gasteiger partial charge is 0.352 e. The first-order chi connectivity index (χ1) is 6.15. The Morgan fingerprint density at radius 2 is 2.31 bits per heavy atom. The Balaban J connectivity index is 2.90. The van der Waals surface area contributed by atoms with Gasteiger partial charge >= 0.3 is 0 Å². The van der Waals surface area contributed by atoms with Gasteiger partial charge in [-0.3, -0.25) is 4.79 Å². The molecule has 1 rings (SSSR count). The summed E-state index contributed by atoms with van der Waals surface area (Å²) in [5, 5.41) is 2.75. The van der Waals surface area contributed by atoms with Crippen LogP contribution >= 0.6 is 38.5 Å². The zero-order valence-corrected chi connectivity index (χ0v) is 10.8. The van der Waals surface area contributed by atoms with Crippen LogP contribution in [0.25, 0.3) is 0 Å². The van der Waals surface area contributed by atoms with Crippen LogP contribution in [-0.4, -0.2) is 12.5 Å². The van der Waals surface area contributed by atoms with E-state index in [1.54, 1.807) is 0 Å². The van der Waals surface area contributed by atoms with Gasteiger partial charge in [-0.15, -0.1) is 0 Å². The smallest absolute Gasteiger partial charge is 0.251 e. The van der Waals surface area contributed by atoms with E-state index in [1.807, 2.05) is 25.1 Å². The van der Waals surface area contributed by atoms with Crippen molar-refractivity contribution < 1.29 is 4.79 Å². The Bertz CT molecular complexity index is 327. The van der Waals surface area contributed by atoms with Crippen LogP contribution in [0.3, 0.4) is 0 Å². The topological polar surface area (TPSA) is 29.1 Å². The second-order valence-corrected chi connectivity index (χ2v) is 4.50. The molecule has 1 aromatic rings. The van der Waals surface area contributed by atoms with Gasteiger partial charge in [0.15, 0.2) is 0 Å². The zero-order valence-electron chi connectivity index (χ0n) is 7.10. The molecule has 2 nitrogen and oxygen atoms in total. The fourth-order valence-electron chi connectivity index (χ4n) is 0.900. The SMILES string of the molecule is CCNC(=O)c1ccc(I)c(Br)c1. The lowest BCUT2D eigenvalue weighted by Gasteiger charge is -2.03. The van der Waals surface area contributed by atoms with Crippen molar-refractivity contribution in [3.8, 4) is 0 Å². The van der Waals surface area contributed by atoms with Gasteiger partial charge in [-0.05, 0) is 63.6 Å². The van der Waals surface area contributed by atoms with Crippen LogP contribution in [0, 0.1) is 3.57 Å².